The molecule has 0 radical (unpaired) electrons. The second-order valence-corrected chi connectivity index (χ2v) is 5.63. The van der Waals surface area contributed by atoms with Crippen molar-refractivity contribution in [1.82, 2.24) is 0 Å². The molecule has 1 amide bonds. The number of halogens is 2. The van der Waals surface area contributed by atoms with Gasteiger partial charge in [0.25, 0.3) is 5.91 Å². The van der Waals surface area contributed by atoms with Crippen LogP contribution in [0.3, 0.4) is 0 Å². The predicted octanol–water partition coefficient (Wildman–Crippen LogP) is 3.98. The molecule has 0 saturated carbocycles. The van der Waals surface area contributed by atoms with Crippen molar-refractivity contribution in [2.24, 2.45) is 0 Å². The number of carboxylic acids is 1. The van der Waals surface area contributed by atoms with Crippen molar-refractivity contribution in [3.8, 4) is 0 Å². The summed E-state index contributed by atoms with van der Waals surface area (Å²) in [5.74, 6) is -1.34. The Morgan fingerprint density at radius 2 is 1.90 bits per heavy atom. The highest BCUT2D eigenvalue weighted by Crippen LogP contribution is 2.23. The summed E-state index contributed by atoms with van der Waals surface area (Å²) in [5.41, 5.74) is 1.32. The van der Waals surface area contributed by atoms with Crippen LogP contribution >= 0.6 is 27.5 Å². The molecule has 0 aliphatic rings. The van der Waals surface area contributed by atoms with E-state index >= 15 is 0 Å². The first kappa shape index (κ1) is 15.5. The van der Waals surface area contributed by atoms with Gasteiger partial charge in [0, 0.05) is 10.2 Å². The molecule has 0 heterocycles. The molecule has 0 aromatic heterocycles. The van der Waals surface area contributed by atoms with Crippen LogP contribution in [0.1, 0.15) is 15.9 Å². The molecule has 2 rings (SSSR count). The van der Waals surface area contributed by atoms with Crippen molar-refractivity contribution in [1.29, 1.82) is 0 Å². The third-order valence-electron chi connectivity index (χ3n) is 2.78. The maximum Gasteiger partial charge on any atom is 0.307 e. The lowest BCUT2D eigenvalue weighted by molar-refractivity contribution is -0.136. The van der Waals surface area contributed by atoms with Crippen LogP contribution in [0.15, 0.2) is 46.9 Å². The number of rotatable bonds is 4. The van der Waals surface area contributed by atoms with Crippen LogP contribution in [0.5, 0.6) is 0 Å². The Hall–Kier alpha value is -1.85. The van der Waals surface area contributed by atoms with Gasteiger partial charge in [-0.2, -0.15) is 0 Å². The highest BCUT2D eigenvalue weighted by atomic mass is 79.9. The minimum Gasteiger partial charge on any atom is -0.481 e. The second-order valence-electron chi connectivity index (χ2n) is 4.31. The van der Waals surface area contributed by atoms with E-state index in [9.17, 15) is 9.59 Å². The number of benzene rings is 2. The lowest BCUT2D eigenvalue weighted by atomic mass is 10.1. The fraction of sp³-hybridized carbons (Fsp3) is 0.0667. The molecule has 0 aliphatic heterocycles. The maximum absolute atomic E-state index is 12.2. The van der Waals surface area contributed by atoms with Crippen molar-refractivity contribution in [3.63, 3.8) is 0 Å². The van der Waals surface area contributed by atoms with Crippen LogP contribution in [0.4, 0.5) is 5.69 Å². The molecule has 0 atom stereocenters. The molecular formula is C15H11BrClNO3. The van der Waals surface area contributed by atoms with Crippen molar-refractivity contribution in [3.05, 3.63) is 63.1 Å². The number of carbonyl (C=O) groups excluding carboxylic acids is 1. The SMILES string of the molecule is O=C(O)Cc1ccccc1NC(=O)c1ccc(Br)cc1Cl. The molecule has 0 spiro atoms. The van der Waals surface area contributed by atoms with Gasteiger partial charge in [-0.15, -0.1) is 0 Å². The Morgan fingerprint density at radius 1 is 1.19 bits per heavy atom. The van der Waals surface area contributed by atoms with E-state index in [1.165, 1.54) is 0 Å². The number of aliphatic carboxylic acids is 1. The van der Waals surface area contributed by atoms with Gasteiger partial charge >= 0.3 is 5.97 Å². The molecule has 21 heavy (non-hydrogen) atoms. The summed E-state index contributed by atoms with van der Waals surface area (Å²) >= 11 is 9.30. The standard InChI is InChI=1S/C15H11BrClNO3/c16-10-5-6-11(12(17)8-10)15(21)18-13-4-2-1-3-9(13)7-14(19)20/h1-6,8H,7H2,(H,18,21)(H,19,20). The number of anilines is 1. The van der Waals surface area contributed by atoms with Gasteiger partial charge in [0.1, 0.15) is 0 Å². The van der Waals surface area contributed by atoms with Crippen LogP contribution in [0.25, 0.3) is 0 Å². The van der Waals surface area contributed by atoms with Crippen LogP contribution < -0.4 is 5.32 Å². The van der Waals surface area contributed by atoms with Gasteiger partial charge in [0.2, 0.25) is 0 Å². The minimum atomic E-state index is -0.960. The second kappa shape index (κ2) is 6.74. The van der Waals surface area contributed by atoms with E-state index in [4.69, 9.17) is 16.7 Å². The summed E-state index contributed by atoms with van der Waals surface area (Å²) in [5, 5.41) is 11.9. The lowest BCUT2D eigenvalue weighted by Crippen LogP contribution is -2.14. The fourth-order valence-corrected chi connectivity index (χ4v) is 2.58. The van der Waals surface area contributed by atoms with Gasteiger partial charge in [-0.1, -0.05) is 45.7 Å². The first-order valence-electron chi connectivity index (χ1n) is 6.03. The molecular weight excluding hydrogens is 358 g/mol. The summed E-state index contributed by atoms with van der Waals surface area (Å²) in [6.07, 6.45) is -0.162. The Bertz CT molecular complexity index is 703. The molecule has 108 valence electrons. The van der Waals surface area contributed by atoms with E-state index in [1.54, 1.807) is 42.5 Å². The summed E-state index contributed by atoms with van der Waals surface area (Å²) in [7, 11) is 0. The molecule has 0 aliphatic carbocycles. The molecule has 6 heteroatoms. The highest BCUT2D eigenvalue weighted by molar-refractivity contribution is 9.10. The summed E-state index contributed by atoms with van der Waals surface area (Å²) in [4.78, 5) is 23.1. The maximum atomic E-state index is 12.2. The Labute approximate surface area is 134 Å². The zero-order valence-corrected chi connectivity index (χ0v) is 13.1. The smallest absolute Gasteiger partial charge is 0.307 e. The van der Waals surface area contributed by atoms with E-state index in [1.807, 2.05) is 0 Å². The summed E-state index contributed by atoms with van der Waals surface area (Å²) in [6, 6.07) is 11.7. The Balaban J connectivity index is 2.25. The molecule has 0 bridgehead atoms. The molecule has 0 fully saturated rings. The fourth-order valence-electron chi connectivity index (χ4n) is 1.82. The quantitative estimate of drug-likeness (QED) is 0.858. The first-order chi connectivity index (χ1) is 9.97. The molecule has 4 nitrogen and oxygen atoms in total. The molecule has 2 aromatic carbocycles. The van der Waals surface area contributed by atoms with Crippen molar-refractivity contribution in [2.75, 3.05) is 5.32 Å². The lowest BCUT2D eigenvalue weighted by Gasteiger charge is -2.10. The topological polar surface area (TPSA) is 66.4 Å². The van der Waals surface area contributed by atoms with Crippen molar-refractivity contribution in [2.45, 2.75) is 6.42 Å². The first-order valence-corrected chi connectivity index (χ1v) is 7.20. The van der Waals surface area contributed by atoms with E-state index in [-0.39, 0.29) is 12.3 Å². The largest absolute Gasteiger partial charge is 0.481 e. The van der Waals surface area contributed by atoms with Gasteiger partial charge in [0.05, 0.1) is 17.0 Å². The third kappa shape index (κ3) is 4.06. The molecule has 2 aromatic rings. The average molecular weight is 369 g/mol. The van der Waals surface area contributed by atoms with Gasteiger partial charge in [-0.3, -0.25) is 9.59 Å². The molecule has 2 N–H and O–H groups in total. The van der Waals surface area contributed by atoms with Crippen LogP contribution in [0, 0.1) is 0 Å². The number of carbonyl (C=O) groups is 2. The number of nitrogens with one attached hydrogen (secondary N) is 1. The van der Waals surface area contributed by atoms with Crippen LogP contribution in [-0.2, 0) is 11.2 Å². The average Bonchev–Trinajstić information content (AvgIpc) is 2.40. The van der Waals surface area contributed by atoms with Crippen molar-refractivity contribution >= 4 is 45.1 Å². The van der Waals surface area contributed by atoms with E-state index in [0.717, 1.165) is 4.47 Å². The Morgan fingerprint density at radius 3 is 2.57 bits per heavy atom. The minimum absolute atomic E-state index is 0.162. The monoisotopic (exact) mass is 367 g/mol. The number of hydrogen-bond donors (Lipinski definition) is 2. The van der Waals surface area contributed by atoms with E-state index in [2.05, 4.69) is 21.2 Å². The number of carboxylic acid groups (broad SMARTS) is 1. The van der Waals surface area contributed by atoms with Gasteiger partial charge in [-0.25, -0.2) is 0 Å². The zero-order chi connectivity index (χ0) is 15.4. The predicted molar refractivity (Wildman–Crippen MR) is 84.9 cm³/mol. The van der Waals surface area contributed by atoms with Crippen molar-refractivity contribution < 1.29 is 14.7 Å². The number of amides is 1. The third-order valence-corrected chi connectivity index (χ3v) is 3.59. The van der Waals surface area contributed by atoms with Gasteiger partial charge in [-0.05, 0) is 29.8 Å². The van der Waals surface area contributed by atoms with Gasteiger partial charge in [0.15, 0.2) is 0 Å². The van der Waals surface area contributed by atoms with E-state index < -0.39 is 5.97 Å². The summed E-state index contributed by atoms with van der Waals surface area (Å²) in [6.45, 7) is 0. The number of hydrogen-bond acceptors (Lipinski definition) is 2. The number of para-hydroxylation sites is 1. The zero-order valence-electron chi connectivity index (χ0n) is 10.8. The van der Waals surface area contributed by atoms with Crippen LogP contribution in [-0.4, -0.2) is 17.0 Å². The Kier molecular flexibility index (Phi) is 4.98. The normalized spacial score (nSPS) is 10.2. The van der Waals surface area contributed by atoms with Gasteiger partial charge < -0.3 is 10.4 Å². The highest BCUT2D eigenvalue weighted by Gasteiger charge is 2.13. The summed E-state index contributed by atoms with van der Waals surface area (Å²) < 4.78 is 0.773. The molecule has 0 unspecified atom stereocenters. The van der Waals surface area contributed by atoms with E-state index in [0.29, 0.717) is 21.8 Å². The molecule has 0 saturated heterocycles. The van der Waals surface area contributed by atoms with Crippen LogP contribution in [0.2, 0.25) is 5.02 Å².